The fraction of sp³-hybridized carbons (Fsp3) is 0.828. The fourth-order valence-corrected chi connectivity index (χ4v) is 7.66. The Labute approximate surface area is 243 Å². The van der Waals surface area contributed by atoms with Crippen molar-refractivity contribution in [3.63, 3.8) is 0 Å². The van der Waals surface area contributed by atoms with E-state index >= 15 is 0 Å². The number of aliphatic imine (C=N–C) groups is 3. The van der Waals surface area contributed by atoms with Crippen LogP contribution in [0, 0.1) is 17.8 Å². The number of hydrogen-bond acceptors (Lipinski definition) is 8. The maximum absolute atomic E-state index is 13.2. The van der Waals surface area contributed by atoms with Crippen LogP contribution in [0.2, 0.25) is 0 Å². The number of urea groups is 2. The van der Waals surface area contributed by atoms with Gasteiger partial charge in [-0.1, -0.05) is 0 Å². The van der Waals surface area contributed by atoms with Gasteiger partial charge in [0.1, 0.15) is 5.84 Å². The lowest BCUT2D eigenvalue weighted by molar-refractivity contribution is 0.205. The van der Waals surface area contributed by atoms with Gasteiger partial charge in [-0.3, -0.25) is 15.0 Å². The molecule has 12 heteroatoms. The summed E-state index contributed by atoms with van der Waals surface area (Å²) < 4.78 is 0. The summed E-state index contributed by atoms with van der Waals surface area (Å²) in [6, 6.07) is 0.118. The Morgan fingerprint density at radius 2 is 0.976 bits per heavy atom. The Kier molecular flexibility index (Phi) is 9.10. The van der Waals surface area contributed by atoms with Gasteiger partial charge in [-0.05, 0) is 70.6 Å². The topological polar surface area (TPSA) is 155 Å². The molecule has 0 aromatic rings. The van der Waals surface area contributed by atoms with Crippen LogP contribution in [0.4, 0.5) is 9.59 Å². The van der Waals surface area contributed by atoms with Crippen molar-refractivity contribution in [1.82, 2.24) is 37.2 Å². The van der Waals surface area contributed by atoms with E-state index in [0.717, 1.165) is 121 Å². The van der Waals surface area contributed by atoms with Gasteiger partial charge < -0.3 is 37.2 Å². The van der Waals surface area contributed by atoms with Gasteiger partial charge in [0.05, 0.1) is 31.3 Å². The Bertz CT molecular complexity index is 1030. The minimum atomic E-state index is -0.110. The third kappa shape index (κ3) is 7.24. The molecule has 0 aromatic heterocycles. The molecule has 41 heavy (non-hydrogen) atoms. The van der Waals surface area contributed by atoms with Gasteiger partial charge in [0.2, 0.25) is 0 Å². The summed E-state index contributed by atoms with van der Waals surface area (Å²) >= 11 is 0. The summed E-state index contributed by atoms with van der Waals surface area (Å²) in [5, 5.41) is 23.2. The van der Waals surface area contributed by atoms with Crippen molar-refractivity contribution >= 4 is 29.6 Å². The number of hydrogen-bond donors (Lipinski definition) is 7. The molecule has 0 radical (unpaired) electrons. The zero-order valence-corrected chi connectivity index (χ0v) is 24.2. The highest BCUT2D eigenvalue weighted by molar-refractivity contribution is 5.88. The van der Waals surface area contributed by atoms with Crippen molar-refractivity contribution in [2.75, 3.05) is 39.3 Å². The first-order valence-corrected chi connectivity index (χ1v) is 16.1. The van der Waals surface area contributed by atoms with E-state index in [2.05, 4.69) is 52.2 Å². The second-order valence-corrected chi connectivity index (χ2v) is 12.6. The quantitative estimate of drug-likeness (QED) is 0.246. The predicted molar refractivity (Wildman–Crippen MR) is 161 cm³/mol. The number of nitrogens with zero attached hydrogens (tertiary/aromatic N) is 3. The van der Waals surface area contributed by atoms with Crippen LogP contribution >= 0.6 is 0 Å². The Hall–Kier alpha value is -3.05. The first-order valence-electron chi connectivity index (χ1n) is 16.1. The second-order valence-electron chi connectivity index (χ2n) is 12.6. The first kappa shape index (κ1) is 28.1. The smallest absolute Gasteiger partial charge is 0.315 e. The van der Waals surface area contributed by atoms with E-state index in [-0.39, 0.29) is 42.1 Å². The van der Waals surface area contributed by atoms with E-state index in [1.54, 1.807) is 0 Å². The Morgan fingerprint density at radius 3 is 1.46 bits per heavy atom. The summed E-state index contributed by atoms with van der Waals surface area (Å²) in [4.78, 5) is 40.0. The molecule has 7 N–H and O–H groups in total. The van der Waals surface area contributed by atoms with Gasteiger partial charge in [0.15, 0.2) is 0 Å². The maximum atomic E-state index is 13.2. The van der Waals surface area contributed by atoms with Gasteiger partial charge in [0.25, 0.3) is 0 Å². The van der Waals surface area contributed by atoms with Gasteiger partial charge in [-0.2, -0.15) is 0 Å². The van der Waals surface area contributed by atoms with E-state index in [1.165, 1.54) is 0 Å². The van der Waals surface area contributed by atoms with Gasteiger partial charge in [0, 0.05) is 61.6 Å². The molecule has 3 saturated carbocycles. The molecule has 0 spiro atoms. The summed E-state index contributed by atoms with van der Waals surface area (Å²) in [7, 11) is 0. The SMILES string of the molecule is O=C(NC1CCC(C2=NCCN2)CC1)NC1CCC(C2=NCCN2)C(NC(=O)NC2CCC(C3=NCCN3)CC2)C1. The maximum Gasteiger partial charge on any atom is 0.315 e. The average molecular weight is 569 g/mol. The number of carbonyl (C=O) groups excluding carboxylic acids is 2. The van der Waals surface area contributed by atoms with Crippen LogP contribution in [-0.2, 0) is 0 Å². The van der Waals surface area contributed by atoms with Crippen LogP contribution in [0.5, 0.6) is 0 Å². The second kappa shape index (κ2) is 13.3. The van der Waals surface area contributed by atoms with E-state index < -0.39 is 0 Å². The first-order chi connectivity index (χ1) is 20.1. The highest BCUT2D eigenvalue weighted by Gasteiger charge is 2.37. The van der Waals surface area contributed by atoms with Crippen molar-refractivity contribution in [1.29, 1.82) is 0 Å². The van der Waals surface area contributed by atoms with Gasteiger partial charge in [-0.25, -0.2) is 9.59 Å². The van der Waals surface area contributed by atoms with Crippen molar-refractivity contribution in [2.24, 2.45) is 32.7 Å². The molecule has 3 fully saturated rings. The van der Waals surface area contributed by atoms with Crippen molar-refractivity contribution in [3.8, 4) is 0 Å². The lowest BCUT2D eigenvalue weighted by Gasteiger charge is -2.38. The number of amides is 4. The summed E-state index contributed by atoms with van der Waals surface area (Å²) in [6.07, 6.45) is 10.6. The van der Waals surface area contributed by atoms with E-state index in [1.807, 2.05) is 0 Å². The molecule has 226 valence electrons. The highest BCUT2D eigenvalue weighted by atomic mass is 16.2. The molecule has 6 rings (SSSR count). The van der Waals surface area contributed by atoms with Crippen LogP contribution < -0.4 is 37.2 Å². The number of carbonyl (C=O) groups is 2. The van der Waals surface area contributed by atoms with Gasteiger partial charge in [-0.15, -0.1) is 0 Å². The number of amidine groups is 3. The summed E-state index contributed by atoms with van der Waals surface area (Å²) in [6.45, 7) is 5.30. The van der Waals surface area contributed by atoms with E-state index in [9.17, 15) is 9.59 Å². The highest BCUT2D eigenvalue weighted by Crippen LogP contribution is 2.29. The third-order valence-corrected chi connectivity index (χ3v) is 9.85. The van der Waals surface area contributed by atoms with Crippen LogP contribution in [0.1, 0.15) is 70.6 Å². The molecule has 3 aliphatic heterocycles. The fourth-order valence-electron chi connectivity index (χ4n) is 7.66. The lowest BCUT2D eigenvalue weighted by Crippen LogP contribution is -2.57. The van der Waals surface area contributed by atoms with E-state index in [4.69, 9.17) is 0 Å². The van der Waals surface area contributed by atoms with Crippen molar-refractivity contribution in [3.05, 3.63) is 0 Å². The number of nitrogens with one attached hydrogen (secondary N) is 7. The standard InChI is InChI=1S/C29H48N10O2/c40-28(36-20-5-1-18(2-6-20)25-30-11-12-31-25)38-22-9-10-23(27-34-15-16-35-27)24(17-22)39-29(41)37-21-7-3-19(4-8-21)26-32-13-14-33-26/h18-24H,1-17H2,(H,30,31)(H,32,33)(H,34,35)(H2,36,38,40)(H2,37,39,41). The van der Waals surface area contributed by atoms with Crippen LogP contribution in [0.25, 0.3) is 0 Å². The summed E-state index contributed by atoms with van der Waals surface area (Å²) in [5.41, 5.74) is 0. The molecule has 3 unspecified atom stereocenters. The van der Waals surface area contributed by atoms with Crippen LogP contribution in [-0.4, -0.2) is 93.0 Å². The van der Waals surface area contributed by atoms with Crippen LogP contribution in [0.3, 0.4) is 0 Å². The largest absolute Gasteiger partial charge is 0.372 e. The van der Waals surface area contributed by atoms with Crippen LogP contribution in [0.15, 0.2) is 15.0 Å². The molecular formula is C29H48N10O2. The molecule has 3 atom stereocenters. The number of rotatable bonds is 7. The zero-order valence-electron chi connectivity index (χ0n) is 24.2. The molecule has 0 bridgehead atoms. The molecular weight excluding hydrogens is 520 g/mol. The predicted octanol–water partition coefficient (Wildman–Crippen LogP) is 1.24. The molecule has 4 amide bonds. The molecule has 0 saturated heterocycles. The molecule has 12 nitrogen and oxygen atoms in total. The monoisotopic (exact) mass is 568 g/mol. The lowest BCUT2D eigenvalue weighted by atomic mass is 9.80. The van der Waals surface area contributed by atoms with Crippen molar-refractivity contribution < 1.29 is 9.59 Å². The normalized spacial score (nSPS) is 35.1. The minimum absolute atomic E-state index is 0.0158. The third-order valence-electron chi connectivity index (χ3n) is 9.85. The molecule has 3 heterocycles. The molecule has 0 aromatic carbocycles. The van der Waals surface area contributed by atoms with E-state index in [0.29, 0.717) is 18.3 Å². The van der Waals surface area contributed by atoms with Gasteiger partial charge >= 0.3 is 12.1 Å². The zero-order chi connectivity index (χ0) is 28.0. The Morgan fingerprint density at radius 1 is 0.537 bits per heavy atom. The van der Waals surface area contributed by atoms with Crippen molar-refractivity contribution in [2.45, 2.75) is 94.8 Å². The Balaban J connectivity index is 0.970. The molecule has 3 aliphatic carbocycles. The molecule has 6 aliphatic rings. The minimum Gasteiger partial charge on any atom is -0.372 e. The average Bonchev–Trinajstić information content (AvgIpc) is 3.78. The summed E-state index contributed by atoms with van der Waals surface area (Å²) in [5.74, 6) is 4.48.